The second kappa shape index (κ2) is 3.91. The van der Waals surface area contributed by atoms with E-state index in [9.17, 15) is 18.3 Å². The lowest BCUT2D eigenvalue weighted by atomic mass is 9.84. The summed E-state index contributed by atoms with van der Waals surface area (Å²) in [5, 5.41) is 13.0. The van der Waals surface area contributed by atoms with E-state index < -0.39 is 17.9 Å². The molecule has 2 atom stereocenters. The molecule has 0 saturated heterocycles. The first-order valence-corrected chi connectivity index (χ1v) is 5.49. The van der Waals surface area contributed by atoms with E-state index in [0.717, 1.165) is 19.3 Å². The molecule has 1 aliphatic heterocycles. The zero-order valence-electron chi connectivity index (χ0n) is 8.76. The Labute approximate surface area is 91.3 Å². The van der Waals surface area contributed by atoms with Crippen LogP contribution in [0, 0.1) is 5.92 Å². The maximum atomic E-state index is 12.7. The third-order valence-electron chi connectivity index (χ3n) is 3.26. The fourth-order valence-electron chi connectivity index (χ4n) is 2.32. The number of halogens is 3. The largest absolute Gasteiger partial charge is 0.458 e. The van der Waals surface area contributed by atoms with Gasteiger partial charge in [-0.05, 0) is 19.3 Å². The third-order valence-corrected chi connectivity index (χ3v) is 3.26. The molecule has 2 unspecified atom stereocenters. The lowest BCUT2D eigenvalue weighted by Crippen LogP contribution is -2.52. The number of hydrogen-bond acceptors (Lipinski definition) is 3. The Bertz CT molecular complexity index is 303. The molecular formula is C10H14F3NO2. The molecule has 0 aromatic rings. The Morgan fingerprint density at radius 3 is 2.62 bits per heavy atom. The van der Waals surface area contributed by atoms with Crippen molar-refractivity contribution in [1.29, 1.82) is 0 Å². The molecule has 0 aromatic heterocycles. The van der Waals surface area contributed by atoms with Gasteiger partial charge in [0.15, 0.2) is 0 Å². The van der Waals surface area contributed by atoms with E-state index in [2.05, 4.69) is 9.99 Å². The predicted octanol–water partition coefficient (Wildman–Crippen LogP) is 2.59. The van der Waals surface area contributed by atoms with Gasteiger partial charge in [-0.15, -0.1) is 0 Å². The molecule has 16 heavy (non-hydrogen) atoms. The Balaban J connectivity index is 2.21. The first-order valence-electron chi connectivity index (χ1n) is 5.49. The van der Waals surface area contributed by atoms with Crippen molar-refractivity contribution >= 4 is 5.71 Å². The maximum absolute atomic E-state index is 12.7. The highest BCUT2D eigenvalue weighted by Gasteiger charge is 2.65. The van der Waals surface area contributed by atoms with Gasteiger partial charge in [0.25, 0.3) is 0 Å². The van der Waals surface area contributed by atoms with Gasteiger partial charge in [-0.3, -0.25) is 0 Å². The average Bonchev–Trinajstić information content (AvgIpc) is 2.42. The van der Waals surface area contributed by atoms with Gasteiger partial charge in [0.1, 0.15) is 0 Å². The molecule has 2 rings (SSSR count). The average molecular weight is 237 g/mol. The highest BCUT2D eigenvalue weighted by Crippen LogP contribution is 2.45. The lowest BCUT2D eigenvalue weighted by molar-refractivity contribution is -0.370. The molecule has 0 spiro atoms. The number of rotatable bonds is 0. The van der Waals surface area contributed by atoms with Crippen LogP contribution >= 0.6 is 0 Å². The highest BCUT2D eigenvalue weighted by atomic mass is 19.4. The van der Waals surface area contributed by atoms with Crippen molar-refractivity contribution in [1.82, 2.24) is 0 Å². The summed E-state index contributed by atoms with van der Waals surface area (Å²) in [6.45, 7) is 0. The molecule has 6 heteroatoms. The van der Waals surface area contributed by atoms with Crippen LogP contribution in [0.15, 0.2) is 5.16 Å². The smallest absolute Gasteiger partial charge is 0.350 e. The summed E-state index contributed by atoms with van der Waals surface area (Å²) < 4.78 is 38.1. The summed E-state index contributed by atoms with van der Waals surface area (Å²) in [4.78, 5) is 4.28. The van der Waals surface area contributed by atoms with Crippen LogP contribution < -0.4 is 0 Å². The van der Waals surface area contributed by atoms with Crippen molar-refractivity contribution in [2.75, 3.05) is 0 Å². The van der Waals surface area contributed by atoms with E-state index >= 15 is 0 Å². The second-order valence-electron chi connectivity index (χ2n) is 4.37. The Kier molecular flexibility index (Phi) is 2.86. The molecule has 1 saturated carbocycles. The topological polar surface area (TPSA) is 41.8 Å². The van der Waals surface area contributed by atoms with Gasteiger partial charge < -0.3 is 9.94 Å². The zero-order valence-corrected chi connectivity index (χ0v) is 8.76. The lowest BCUT2D eigenvalue weighted by Gasteiger charge is -2.30. The molecule has 0 amide bonds. The zero-order chi connectivity index (χ0) is 11.8. The monoisotopic (exact) mass is 237 g/mol. The fourth-order valence-corrected chi connectivity index (χ4v) is 2.32. The van der Waals surface area contributed by atoms with Gasteiger partial charge in [-0.1, -0.05) is 24.4 Å². The van der Waals surface area contributed by atoms with Crippen molar-refractivity contribution in [3.8, 4) is 0 Å². The summed E-state index contributed by atoms with van der Waals surface area (Å²) in [5.41, 5.74) is 0.361. The van der Waals surface area contributed by atoms with Gasteiger partial charge in [-0.2, -0.15) is 13.2 Å². The second-order valence-corrected chi connectivity index (χ2v) is 4.37. The van der Waals surface area contributed by atoms with Crippen LogP contribution in [0.2, 0.25) is 0 Å². The molecule has 2 aliphatic rings. The van der Waals surface area contributed by atoms with E-state index in [0.29, 0.717) is 18.6 Å². The van der Waals surface area contributed by atoms with E-state index in [1.54, 1.807) is 0 Å². The van der Waals surface area contributed by atoms with E-state index in [1.807, 2.05) is 0 Å². The van der Waals surface area contributed by atoms with Gasteiger partial charge in [0, 0.05) is 0 Å². The van der Waals surface area contributed by atoms with Crippen LogP contribution in [0.25, 0.3) is 0 Å². The van der Waals surface area contributed by atoms with Crippen LogP contribution in [0.4, 0.5) is 13.2 Å². The molecule has 0 radical (unpaired) electrons. The Morgan fingerprint density at radius 1 is 1.25 bits per heavy atom. The Morgan fingerprint density at radius 2 is 1.94 bits per heavy atom. The summed E-state index contributed by atoms with van der Waals surface area (Å²) in [7, 11) is 0. The van der Waals surface area contributed by atoms with Crippen LogP contribution in [-0.2, 0) is 4.84 Å². The highest BCUT2D eigenvalue weighted by molar-refractivity contribution is 5.88. The van der Waals surface area contributed by atoms with Crippen molar-refractivity contribution in [3.63, 3.8) is 0 Å². The van der Waals surface area contributed by atoms with Gasteiger partial charge in [-0.25, -0.2) is 0 Å². The summed E-state index contributed by atoms with van der Waals surface area (Å²) >= 11 is 0. The van der Waals surface area contributed by atoms with Crippen molar-refractivity contribution in [2.24, 2.45) is 11.1 Å². The molecule has 92 valence electrons. The molecule has 0 bridgehead atoms. The van der Waals surface area contributed by atoms with Gasteiger partial charge in [0.2, 0.25) is 0 Å². The van der Waals surface area contributed by atoms with Crippen LogP contribution in [-0.4, -0.2) is 22.8 Å². The predicted molar refractivity (Wildman–Crippen MR) is 50.7 cm³/mol. The normalized spacial score (nSPS) is 35.8. The SMILES string of the molecule is OC1(C(F)(F)F)ON=C2CCCCCCC21. The molecular weight excluding hydrogens is 223 g/mol. The van der Waals surface area contributed by atoms with Crippen molar-refractivity contribution in [2.45, 2.75) is 50.5 Å². The van der Waals surface area contributed by atoms with Crippen LogP contribution in [0.5, 0.6) is 0 Å². The third kappa shape index (κ3) is 1.79. The molecule has 1 N–H and O–H groups in total. The van der Waals surface area contributed by atoms with Crippen molar-refractivity contribution < 1.29 is 23.1 Å². The summed E-state index contributed by atoms with van der Waals surface area (Å²) in [6, 6.07) is 0. The molecule has 1 heterocycles. The first kappa shape index (κ1) is 11.7. The maximum Gasteiger partial charge on any atom is 0.458 e. The molecule has 3 nitrogen and oxygen atoms in total. The Hall–Kier alpha value is -0.780. The summed E-state index contributed by atoms with van der Waals surface area (Å²) in [6.07, 6.45) is -0.633. The number of oxime groups is 1. The van der Waals surface area contributed by atoms with Crippen LogP contribution in [0.3, 0.4) is 0 Å². The number of hydrogen-bond donors (Lipinski definition) is 1. The minimum atomic E-state index is -4.79. The number of aliphatic hydroxyl groups is 1. The van der Waals surface area contributed by atoms with E-state index in [4.69, 9.17) is 0 Å². The quantitative estimate of drug-likeness (QED) is 0.703. The molecule has 1 fully saturated rings. The van der Waals surface area contributed by atoms with Crippen molar-refractivity contribution in [3.05, 3.63) is 0 Å². The number of nitrogens with zero attached hydrogens (tertiary/aromatic N) is 1. The number of fused-ring (bicyclic) bond motifs is 1. The molecule has 1 aliphatic carbocycles. The van der Waals surface area contributed by atoms with Crippen LogP contribution in [0.1, 0.15) is 38.5 Å². The van der Waals surface area contributed by atoms with E-state index in [1.165, 1.54) is 0 Å². The minimum Gasteiger partial charge on any atom is -0.350 e. The van der Waals surface area contributed by atoms with E-state index in [-0.39, 0.29) is 6.42 Å². The first-order chi connectivity index (χ1) is 7.45. The van der Waals surface area contributed by atoms with Gasteiger partial charge in [0.05, 0.1) is 11.6 Å². The standard InChI is InChI=1S/C10H14F3NO2/c11-10(12,13)9(15)7-5-3-1-2-4-6-8(7)14-16-9/h7,15H,1-6H2. The number of alkyl halides is 3. The molecule has 0 aromatic carbocycles. The fraction of sp³-hybridized carbons (Fsp3) is 0.900. The van der Waals surface area contributed by atoms with Gasteiger partial charge >= 0.3 is 12.0 Å². The summed E-state index contributed by atoms with van der Waals surface area (Å²) in [5.74, 6) is -4.12. The minimum absolute atomic E-state index is 0.287.